The van der Waals surface area contributed by atoms with E-state index in [1.807, 2.05) is 59.3 Å². The Morgan fingerprint density at radius 2 is 1.75 bits per heavy atom. The van der Waals surface area contributed by atoms with Crippen LogP contribution in [0.4, 0.5) is 0 Å². The highest BCUT2D eigenvalue weighted by Gasteiger charge is 2.22. The summed E-state index contributed by atoms with van der Waals surface area (Å²) in [6.07, 6.45) is 4.04. The average Bonchev–Trinajstić information content (AvgIpc) is 3.14. The third kappa shape index (κ3) is 4.01. The van der Waals surface area contributed by atoms with Crippen LogP contribution in [0.25, 0.3) is 16.9 Å². The standard InChI is InChI=1S/C22H24ClN3O2/c1-27-21-5-3-2-4-19(21)26-20(15-6-8-16(23)9-7-15)14-22(25-26)28-18-12-10-17(24)11-13-18/h2-9,14,17-18H,10-13,24H2,1H3/t17-,18+. The lowest BCUT2D eigenvalue weighted by molar-refractivity contribution is 0.140. The fourth-order valence-corrected chi connectivity index (χ4v) is 3.73. The molecule has 1 fully saturated rings. The van der Waals surface area contributed by atoms with Gasteiger partial charge >= 0.3 is 0 Å². The second-order valence-corrected chi connectivity index (χ2v) is 7.55. The summed E-state index contributed by atoms with van der Waals surface area (Å²) in [6.45, 7) is 0. The largest absolute Gasteiger partial charge is 0.494 e. The van der Waals surface area contributed by atoms with E-state index >= 15 is 0 Å². The number of nitrogens with two attached hydrogens (primary N) is 1. The zero-order valence-electron chi connectivity index (χ0n) is 15.8. The van der Waals surface area contributed by atoms with E-state index in [4.69, 9.17) is 31.9 Å². The van der Waals surface area contributed by atoms with Crippen LogP contribution in [0.3, 0.4) is 0 Å². The van der Waals surface area contributed by atoms with Gasteiger partial charge in [0.15, 0.2) is 0 Å². The molecule has 28 heavy (non-hydrogen) atoms. The Morgan fingerprint density at radius 3 is 2.46 bits per heavy atom. The maximum atomic E-state index is 6.21. The van der Waals surface area contributed by atoms with E-state index < -0.39 is 0 Å². The average molecular weight is 398 g/mol. The number of aromatic nitrogens is 2. The van der Waals surface area contributed by atoms with Crippen molar-refractivity contribution in [2.45, 2.75) is 37.8 Å². The maximum Gasteiger partial charge on any atom is 0.234 e. The van der Waals surface area contributed by atoms with Crippen LogP contribution in [0.1, 0.15) is 25.7 Å². The van der Waals surface area contributed by atoms with Gasteiger partial charge in [-0.15, -0.1) is 5.10 Å². The molecule has 1 aliphatic carbocycles. The number of halogens is 1. The summed E-state index contributed by atoms with van der Waals surface area (Å²) in [5, 5.41) is 5.45. The van der Waals surface area contributed by atoms with Crippen molar-refractivity contribution in [1.82, 2.24) is 9.78 Å². The summed E-state index contributed by atoms with van der Waals surface area (Å²) < 4.78 is 13.6. The Bertz CT molecular complexity index is 931. The van der Waals surface area contributed by atoms with Crippen molar-refractivity contribution < 1.29 is 9.47 Å². The van der Waals surface area contributed by atoms with Gasteiger partial charge in [-0.05, 0) is 49.9 Å². The molecule has 0 saturated heterocycles. The molecule has 146 valence electrons. The molecule has 0 spiro atoms. The molecule has 0 unspecified atom stereocenters. The zero-order valence-corrected chi connectivity index (χ0v) is 16.6. The van der Waals surface area contributed by atoms with Crippen LogP contribution in [0, 0.1) is 0 Å². The Morgan fingerprint density at radius 1 is 1.04 bits per heavy atom. The van der Waals surface area contributed by atoms with Crippen molar-refractivity contribution in [3.63, 3.8) is 0 Å². The minimum absolute atomic E-state index is 0.152. The topological polar surface area (TPSA) is 62.3 Å². The lowest BCUT2D eigenvalue weighted by atomic mass is 9.94. The summed E-state index contributed by atoms with van der Waals surface area (Å²) in [5.74, 6) is 1.35. The van der Waals surface area contributed by atoms with Gasteiger partial charge in [0.25, 0.3) is 0 Å². The zero-order chi connectivity index (χ0) is 19.5. The molecule has 0 radical (unpaired) electrons. The van der Waals surface area contributed by atoms with Gasteiger partial charge in [0.1, 0.15) is 17.5 Å². The highest BCUT2D eigenvalue weighted by atomic mass is 35.5. The molecule has 1 heterocycles. The summed E-state index contributed by atoms with van der Waals surface area (Å²) in [4.78, 5) is 0. The second kappa shape index (κ2) is 8.25. The van der Waals surface area contributed by atoms with Gasteiger partial charge in [0.2, 0.25) is 5.88 Å². The van der Waals surface area contributed by atoms with Gasteiger partial charge in [-0.1, -0.05) is 35.9 Å². The highest BCUT2D eigenvalue weighted by Crippen LogP contribution is 2.33. The summed E-state index contributed by atoms with van der Waals surface area (Å²) in [6, 6.07) is 17.8. The van der Waals surface area contributed by atoms with Crippen LogP contribution in [0.5, 0.6) is 11.6 Å². The van der Waals surface area contributed by atoms with Crippen molar-refractivity contribution in [2.24, 2.45) is 5.73 Å². The number of hydrogen-bond acceptors (Lipinski definition) is 4. The van der Waals surface area contributed by atoms with E-state index in [9.17, 15) is 0 Å². The van der Waals surface area contributed by atoms with E-state index in [0.29, 0.717) is 10.9 Å². The number of para-hydroxylation sites is 2. The van der Waals surface area contributed by atoms with Gasteiger partial charge in [0, 0.05) is 22.7 Å². The number of benzene rings is 2. The lowest BCUT2D eigenvalue weighted by Crippen LogP contribution is -2.31. The minimum atomic E-state index is 0.152. The molecule has 0 bridgehead atoms. The third-order valence-electron chi connectivity index (χ3n) is 5.15. The smallest absolute Gasteiger partial charge is 0.234 e. The van der Waals surface area contributed by atoms with Crippen LogP contribution in [-0.2, 0) is 0 Å². The van der Waals surface area contributed by atoms with Gasteiger partial charge in [-0.3, -0.25) is 0 Å². The highest BCUT2D eigenvalue weighted by molar-refractivity contribution is 6.30. The van der Waals surface area contributed by atoms with Crippen molar-refractivity contribution in [2.75, 3.05) is 7.11 Å². The Kier molecular flexibility index (Phi) is 5.55. The van der Waals surface area contributed by atoms with Crippen LogP contribution in [0.2, 0.25) is 5.02 Å². The van der Waals surface area contributed by atoms with E-state index in [2.05, 4.69) is 0 Å². The fourth-order valence-electron chi connectivity index (χ4n) is 3.61. The number of hydrogen-bond donors (Lipinski definition) is 1. The monoisotopic (exact) mass is 397 g/mol. The van der Waals surface area contributed by atoms with Crippen molar-refractivity contribution >= 4 is 11.6 Å². The molecule has 4 rings (SSSR count). The minimum Gasteiger partial charge on any atom is -0.494 e. The van der Waals surface area contributed by atoms with E-state index in [1.54, 1.807) is 7.11 Å². The van der Waals surface area contributed by atoms with Gasteiger partial charge in [-0.25, -0.2) is 4.68 Å². The first kappa shape index (κ1) is 18.8. The predicted molar refractivity (Wildman–Crippen MR) is 111 cm³/mol. The van der Waals surface area contributed by atoms with Crippen LogP contribution < -0.4 is 15.2 Å². The summed E-state index contributed by atoms with van der Waals surface area (Å²) >= 11 is 6.07. The SMILES string of the molecule is COc1ccccc1-n1nc(O[C@H]2CC[C@@H](N)CC2)cc1-c1ccc(Cl)cc1. The molecule has 1 saturated carbocycles. The molecule has 0 amide bonds. The van der Waals surface area contributed by atoms with E-state index in [-0.39, 0.29) is 12.1 Å². The van der Waals surface area contributed by atoms with Crippen LogP contribution >= 0.6 is 11.6 Å². The lowest BCUT2D eigenvalue weighted by Gasteiger charge is -2.25. The number of nitrogens with zero attached hydrogens (tertiary/aromatic N) is 2. The quantitative estimate of drug-likeness (QED) is 0.668. The molecule has 0 aliphatic heterocycles. The molecular weight excluding hydrogens is 374 g/mol. The molecule has 0 atom stereocenters. The van der Waals surface area contributed by atoms with Gasteiger partial charge in [0.05, 0.1) is 12.8 Å². The molecule has 3 aromatic rings. The van der Waals surface area contributed by atoms with Gasteiger partial charge in [-0.2, -0.15) is 0 Å². The summed E-state index contributed by atoms with van der Waals surface area (Å²) in [7, 11) is 1.66. The molecule has 2 N–H and O–H groups in total. The molecule has 2 aromatic carbocycles. The first-order valence-electron chi connectivity index (χ1n) is 9.55. The first-order chi connectivity index (χ1) is 13.6. The normalized spacial score (nSPS) is 19.4. The van der Waals surface area contributed by atoms with E-state index in [1.165, 1.54) is 0 Å². The number of ether oxygens (including phenoxy) is 2. The van der Waals surface area contributed by atoms with Crippen LogP contribution in [-0.4, -0.2) is 29.0 Å². The van der Waals surface area contributed by atoms with Gasteiger partial charge < -0.3 is 15.2 Å². The Hall–Kier alpha value is -2.50. The van der Waals surface area contributed by atoms with Crippen LogP contribution in [0.15, 0.2) is 54.6 Å². The Balaban J connectivity index is 1.72. The van der Waals surface area contributed by atoms with Crippen molar-refractivity contribution in [3.05, 3.63) is 59.6 Å². The number of methoxy groups -OCH3 is 1. The second-order valence-electron chi connectivity index (χ2n) is 7.11. The first-order valence-corrected chi connectivity index (χ1v) is 9.93. The van der Waals surface area contributed by atoms with E-state index in [0.717, 1.165) is 48.4 Å². The number of rotatable bonds is 5. The molecule has 6 heteroatoms. The molecule has 1 aliphatic rings. The maximum absolute atomic E-state index is 6.21. The van der Waals surface area contributed by atoms with Crippen molar-refractivity contribution in [1.29, 1.82) is 0 Å². The molecular formula is C22H24ClN3O2. The third-order valence-corrected chi connectivity index (χ3v) is 5.40. The summed E-state index contributed by atoms with van der Waals surface area (Å²) in [5.41, 5.74) is 8.79. The van der Waals surface area contributed by atoms with Crippen molar-refractivity contribution in [3.8, 4) is 28.6 Å². The fraction of sp³-hybridized carbons (Fsp3) is 0.318. The predicted octanol–water partition coefficient (Wildman–Crippen LogP) is 4.85. The molecule has 1 aromatic heterocycles. The Labute approximate surface area is 170 Å². The molecule has 5 nitrogen and oxygen atoms in total.